The standard InChI is InChI=1S/C14H20O4/c1-9(2)18-11-7-5-6-10(8-11)12(15)14(3,4)13(16)17/h5-9,12,15H,1-4H3,(H,16,17). The molecule has 0 fully saturated rings. The van der Waals surface area contributed by atoms with E-state index in [1.54, 1.807) is 24.3 Å². The number of ether oxygens (including phenoxy) is 1. The number of hydrogen-bond acceptors (Lipinski definition) is 3. The maximum atomic E-state index is 11.1. The summed E-state index contributed by atoms with van der Waals surface area (Å²) in [4.78, 5) is 11.1. The van der Waals surface area contributed by atoms with Crippen LogP contribution in [0.25, 0.3) is 0 Å². The molecule has 0 bridgehead atoms. The predicted octanol–water partition coefficient (Wildman–Crippen LogP) is 2.62. The zero-order valence-corrected chi connectivity index (χ0v) is 11.2. The lowest BCUT2D eigenvalue weighted by molar-refractivity contribution is -0.153. The number of aliphatic hydroxyl groups is 1. The molecule has 4 nitrogen and oxygen atoms in total. The average Bonchev–Trinajstić information content (AvgIpc) is 2.27. The Morgan fingerprint density at radius 3 is 2.44 bits per heavy atom. The van der Waals surface area contributed by atoms with Crippen LogP contribution in [0.5, 0.6) is 5.75 Å². The Labute approximate surface area is 107 Å². The van der Waals surface area contributed by atoms with Crippen LogP contribution in [0.4, 0.5) is 0 Å². The van der Waals surface area contributed by atoms with Crippen molar-refractivity contribution in [3.05, 3.63) is 29.8 Å². The first-order chi connectivity index (χ1) is 8.25. The van der Waals surface area contributed by atoms with E-state index in [4.69, 9.17) is 9.84 Å². The molecule has 2 N–H and O–H groups in total. The normalized spacial score (nSPS) is 13.4. The Balaban J connectivity index is 2.99. The fraction of sp³-hybridized carbons (Fsp3) is 0.500. The molecule has 1 atom stereocenters. The van der Waals surface area contributed by atoms with Gasteiger partial charge in [0, 0.05) is 0 Å². The number of carboxylic acid groups (broad SMARTS) is 1. The van der Waals surface area contributed by atoms with Gasteiger partial charge in [0.15, 0.2) is 0 Å². The molecule has 1 unspecified atom stereocenters. The Hall–Kier alpha value is -1.55. The van der Waals surface area contributed by atoms with Crippen molar-refractivity contribution in [2.75, 3.05) is 0 Å². The minimum atomic E-state index is -1.24. The summed E-state index contributed by atoms with van der Waals surface area (Å²) in [5.41, 5.74) is -0.697. The SMILES string of the molecule is CC(C)Oc1cccc(C(O)C(C)(C)C(=O)O)c1. The highest BCUT2D eigenvalue weighted by atomic mass is 16.5. The van der Waals surface area contributed by atoms with E-state index in [9.17, 15) is 9.90 Å². The van der Waals surface area contributed by atoms with E-state index in [0.29, 0.717) is 11.3 Å². The van der Waals surface area contributed by atoms with Crippen LogP contribution in [0.1, 0.15) is 39.4 Å². The van der Waals surface area contributed by atoms with E-state index in [0.717, 1.165) is 0 Å². The fourth-order valence-corrected chi connectivity index (χ4v) is 1.56. The molecule has 0 saturated heterocycles. The van der Waals surface area contributed by atoms with Crippen LogP contribution < -0.4 is 4.74 Å². The Bertz CT molecular complexity index is 424. The van der Waals surface area contributed by atoms with Crippen LogP contribution in [-0.2, 0) is 4.79 Å². The molecule has 0 aromatic heterocycles. The molecule has 0 amide bonds. The summed E-state index contributed by atoms with van der Waals surface area (Å²) < 4.78 is 5.52. The molecule has 18 heavy (non-hydrogen) atoms. The first-order valence-corrected chi connectivity index (χ1v) is 5.93. The first-order valence-electron chi connectivity index (χ1n) is 5.93. The summed E-state index contributed by atoms with van der Waals surface area (Å²) in [6.45, 7) is 6.81. The average molecular weight is 252 g/mol. The second-order valence-electron chi connectivity index (χ2n) is 5.17. The second-order valence-corrected chi connectivity index (χ2v) is 5.17. The number of hydrogen-bond donors (Lipinski definition) is 2. The van der Waals surface area contributed by atoms with Gasteiger partial charge < -0.3 is 14.9 Å². The number of aliphatic hydroxyl groups excluding tert-OH is 1. The third-order valence-electron chi connectivity index (χ3n) is 2.78. The molecule has 0 aliphatic carbocycles. The second kappa shape index (κ2) is 5.40. The lowest BCUT2D eigenvalue weighted by Gasteiger charge is -2.26. The Morgan fingerprint density at radius 1 is 1.33 bits per heavy atom. The summed E-state index contributed by atoms with van der Waals surface area (Å²) in [6.07, 6.45) is -1.05. The molecule has 0 saturated carbocycles. The molecule has 1 aromatic rings. The van der Waals surface area contributed by atoms with Crippen LogP contribution in [-0.4, -0.2) is 22.3 Å². The predicted molar refractivity (Wildman–Crippen MR) is 68.6 cm³/mol. The molecule has 1 rings (SSSR count). The number of carbonyl (C=O) groups is 1. The third kappa shape index (κ3) is 3.23. The van der Waals surface area contributed by atoms with Gasteiger partial charge in [-0.3, -0.25) is 4.79 Å². The van der Waals surface area contributed by atoms with Crippen LogP contribution in [0.3, 0.4) is 0 Å². The van der Waals surface area contributed by atoms with Crippen molar-refractivity contribution in [1.29, 1.82) is 0 Å². The highest BCUT2D eigenvalue weighted by Crippen LogP contribution is 2.34. The van der Waals surface area contributed by atoms with Gasteiger partial charge in [-0.15, -0.1) is 0 Å². The molecule has 0 aliphatic rings. The molecule has 100 valence electrons. The van der Waals surface area contributed by atoms with Crippen molar-refractivity contribution >= 4 is 5.97 Å². The Kier molecular flexibility index (Phi) is 4.35. The van der Waals surface area contributed by atoms with Crippen molar-refractivity contribution < 1.29 is 19.7 Å². The zero-order chi connectivity index (χ0) is 13.9. The molecule has 0 aliphatic heterocycles. The van der Waals surface area contributed by atoms with E-state index in [2.05, 4.69) is 0 Å². The van der Waals surface area contributed by atoms with Crippen molar-refractivity contribution in [3.8, 4) is 5.75 Å². The van der Waals surface area contributed by atoms with Gasteiger partial charge in [-0.05, 0) is 45.4 Å². The first kappa shape index (κ1) is 14.5. The van der Waals surface area contributed by atoms with E-state index < -0.39 is 17.5 Å². The summed E-state index contributed by atoms with van der Waals surface area (Å²) in [6, 6.07) is 6.90. The van der Waals surface area contributed by atoms with Crippen LogP contribution in [0, 0.1) is 5.41 Å². The van der Waals surface area contributed by atoms with E-state index in [-0.39, 0.29) is 6.10 Å². The van der Waals surface area contributed by atoms with E-state index in [1.165, 1.54) is 13.8 Å². The minimum Gasteiger partial charge on any atom is -0.491 e. The van der Waals surface area contributed by atoms with Gasteiger partial charge >= 0.3 is 5.97 Å². The minimum absolute atomic E-state index is 0.0323. The van der Waals surface area contributed by atoms with Crippen molar-refractivity contribution in [3.63, 3.8) is 0 Å². The van der Waals surface area contributed by atoms with Gasteiger partial charge in [0.25, 0.3) is 0 Å². The monoisotopic (exact) mass is 252 g/mol. The van der Waals surface area contributed by atoms with Gasteiger partial charge in [0.1, 0.15) is 5.75 Å². The molecular weight excluding hydrogens is 232 g/mol. The fourth-order valence-electron chi connectivity index (χ4n) is 1.56. The molecule has 1 aromatic carbocycles. The lowest BCUT2D eigenvalue weighted by atomic mass is 9.83. The van der Waals surface area contributed by atoms with Crippen LogP contribution >= 0.6 is 0 Å². The third-order valence-corrected chi connectivity index (χ3v) is 2.78. The van der Waals surface area contributed by atoms with Crippen molar-refractivity contribution in [1.82, 2.24) is 0 Å². The zero-order valence-electron chi connectivity index (χ0n) is 11.2. The number of aliphatic carboxylic acids is 1. The maximum absolute atomic E-state index is 11.1. The van der Waals surface area contributed by atoms with Crippen LogP contribution in [0.15, 0.2) is 24.3 Å². The highest BCUT2D eigenvalue weighted by molar-refractivity contribution is 5.74. The molecular formula is C14H20O4. The lowest BCUT2D eigenvalue weighted by Crippen LogP contribution is -2.31. The maximum Gasteiger partial charge on any atom is 0.312 e. The van der Waals surface area contributed by atoms with Gasteiger partial charge in [0.2, 0.25) is 0 Å². The summed E-state index contributed by atoms with van der Waals surface area (Å²) >= 11 is 0. The van der Waals surface area contributed by atoms with E-state index in [1.807, 2.05) is 13.8 Å². The van der Waals surface area contributed by atoms with Crippen molar-refractivity contribution in [2.45, 2.75) is 39.9 Å². The Morgan fingerprint density at radius 2 is 1.94 bits per heavy atom. The summed E-state index contributed by atoms with van der Waals surface area (Å²) in [7, 11) is 0. The quantitative estimate of drug-likeness (QED) is 0.845. The van der Waals surface area contributed by atoms with E-state index >= 15 is 0 Å². The van der Waals surface area contributed by atoms with Gasteiger partial charge in [-0.2, -0.15) is 0 Å². The summed E-state index contributed by atoms with van der Waals surface area (Å²) in [5.74, 6) is -0.409. The van der Waals surface area contributed by atoms with Gasteiger partial charge in [-0.1, -0.05) is 12.1 Å². The number of benzene rings is 1. The molecule has 0 heterocycles. The number of rotatable bonds is 5. The highest BCUT2D eigenvalue weighted by Gasteiger charge is 2.36. The van der Waals surface area contributed by atoms with Crippen molar-refractivity contribution in [2.24, 2.45) is 5.41 Å². The molecule has 0 radical (unpaired) electrons. The molecule has 0 spiro atoms. The van der Waals surface area contributed by atoms with Gasteiger partial charge in [0.05, 0.1) is 17.6 Å². The van der Waals surface area contributed by atoms with Crippen LogP contribution in [0.2, 0.25) is 0 Å². The largest absolute Gasteiger partial charge is 0.491 e. The smallest absolute Gasteiger partial charge is 0.312 e. The topological polar surface area (TPSA) is 66.8 Å². The van der Waals surface area contributed by atoms with Gasteiger partial charge in [-0.25, -0.2) is 0 Å². The summed E-state index contributed by atoms with van der Waals surface area (Å²) in [5, 5.41) is 19.2. The number of carboxylic acids is 1. The molecule has 4 heteroatoms.